The largest absolute Gasteiger partial charge is 0.299 e. The molecule has 0 N–H and O–H groups in total. The first-order valence-corrected chi connectivity index (χ1v) is 10.1. The maximum absolute atomic E-state index is 11.9. The Balaban J connectivity index is 3.19. The van der Waals surface area contributed by atoms with Gasteiger partial charge in [-0.2, -0.15) is 0 Å². The second-order valence-electron chi connectivity index (χ2n) is 7.49. The third-order valence-electron chi connectivity index (χ3n) is 5.03. The summed E-state index contributed by atoms with van der Waals surface area (Å²) < 4.78 is 0. The number of unbranched alkanes of at least 4 members (excludes halogenated alkanes) is 12. The fraction of sp³-hybridized carbons (Fsp3) is 0.952. The summed E-state index contributed by atoms with van der Waals surface area (Å²) in [5, 5.41) is 0. The average Bonchev–Trinajstić information content (AvgIpc) is 2.50. The zero-order chi connectivity index (χ0) is 16.6. The molecule has 0 aromatic rings. The number of hydrogen-bond donors (Lipinski definition) is 0. The van der Waals surface area contributed by atoms with E-state index in [2.05, 4.69) is 27.7 Å². The van der Waals surface area contributed by atoms with Gasteiger partial charge in [0, 0.05) is 12.3 Å². The zero-order valence-corrected chi connectivity index (χ0v) is 16.0. The molecule has 0 spiro atoms. The predicted octanol–water partition coefficient (Wildman–Crippen LogP) is 7.33. The normalized spacial score (nSPS) is 12.8. The first-order valence-electron chi connectivity index (χ1n) is 10.1. The van der Waals surface area contributed by atoms with Crippen molar-refractivity contribution in [3.8, 4) is 0 Å². The van der Waals surface area contributed by atoms with Crippen LogP contribution in [0, 0.1) is 11.8 Å². The van der Waals surface area contributed by atoms with Crippen LogP contribution in [-0.2, 0) is 4.79 Å². The lowest BCUT2D eigenvalue weighted by Gasteiger charge is -2.13. The number of rotatable bonds is 16. The average molecular weight is 311 g/mol. The Morgan fingerprint density at radius 2 is 1.00 bits per heavy atom. The molecule has 0 aromatic carbocycles. The van der Waals surface area contributed by atoms with Crippen molar-refractivity contribution >= 4 is 5.78 Å². The van der Waals surface area contributed by atoms with Crippen molar-refractivity contribution in [3.05, 3.63) is 0 Å². The molecule has 0 aliphatic carbocycles. The summed E-state index contributed by atoms with van der Waals surface area (Å²) in [7, 11) is 0. The van der Waals surface area contributed by atoms with Crippen molar-refractivity contribution in [1.82, 2.24) is 0 Å². The van der Waals surface area contributed by atoms with Gasteiger partial charge in [-0.15, -0.1) is 0 Å². The molecule has 1 nitrogen and oxygen atoms in total. The smallest absolute Gasteiger partial charge is 0.135 e. The van der Waals surface area contributed by atoms with Gasteiger partial charge < -0.3 is 0 Å². The lowest BCUT2D eigenvalue weighted by atomic mass is 9.91. The van der Waals surface area contributed by atoms with Crippen molar-refractivity contribution in [2.45, 2.75) is 118 Å². The maximum Gasteiger partial charge on any atom is 0.135 e. The van der Waals surface area contributed by atoms with Crippen molar-refractivity contribution in [2.24, 2.45) is 11.8 Å². The summed E-state index contributed by atoms with van der Waals surface area (Å²) in [5.41, 5.74) is 0. The highest BCUT2D eigenvalue weighted by Gasteiger charge is 2.15. The molecule has 0 bridgehead atoms. The van der Waals surface area contributed by atoms with Crippen molar-refractivity contribution in [1.29, 1.82) is 0 Å². The quantitative estimate of drug-likeness (QED) is 0.273. The first kappa shape index (κ1) is 21.7. The van der Waals surface area contributed by atoms with E-state index in [1.807, 2.05) is 0 Å². The van der Waals surface area contributed by atoms with E-state index in [1.165, 1.54) is 77.0 Å². The highest BCUT2D eigenvalue weighted by Crippen LogP contribution is 2.16. The monoisotopic (exact) mass is 310 g/mol. The minimum absolute atomic E-state index is 0.248. The van der Waals surface area contributed by atoms with Gasteiger partial charge in [-0.3, -0.25) is 4.79 Å². The van der Waals surface area contributed by atoms with Crippen LogP contribution in [0.15, 0.2) is 0 Å². The van der Waals surface area contributed by atoms with Crippen LogP contribution in [0.4, 0.5) is 0 Å². The molecular weight excluding hydrogens is 268 g/mol. The highest BCUT2D eigenvalue weighted by atomic mass is 16.1. The maximum atomic E-state index is 11.9. The Kier molecular flexibility index (Phi) is 15.3. The van der Waals surface area contributed by atoms with Crippen molar-refractivity contribution in [3.63, 3.8) is 0 Å². The first-order chi connectivity index (χ1) is 10.6. The molecule has 0 saturated heterocycles. The number of carbonyl (C=O) groups excluding carboxylic acids is 1. The van der Waals surface area contributed by atoms with Gasteiger partial charge in [0.2, 0.25) is 0 Å². The van der Waals surface area contributed by atoms with Crippen LogP contribution in [0.25, 0.3) is 0 Å². The molecule has 1 atom stereocenters. The predicted molar refractivity (Wildman–Crippen MR) is 99.3 cm³/mol. The highest BCUT2D eigenvalue weighted by molar-refractivity contribution is 5.80. The van der Waals surface area contributed by atoms with E-state index in [9.17, 15) is 4.79 Å². The molecule has 0 aromatic heterocycles. The molecule has 0 saturated carbocycles. The fourth-order valence-corrected chi connectivity index (χ4v) is 2.92. The number of hydrogen-bond acceptors (Lipinski definition) is 1. The summed E-state index contributed by atoms with van der Waals surface area (Å²) in [5.74, 6) is 1.21. The summed E-state index contributed by atoms with van der Waals surface area (Å²) in [6, 6.07) is 0. The SMILES string of the molecule is CCCCCCCCCCCCCCCC(=O)[C@@H](C)C(C)C. The standard InChI is InChI=1S/C21H42O/c1-5-6-7-8-9-10-11-12-13-14-15-16-17-18-21(22)20(4)19(2)3/h19-20H,5-18H2,1-4H3/t20-/m0/s1. The van der Waals surface area contributed by atoms with Crippen LogP contribution in [0.5, 0.6) is 0 Å². The lowest BCUT2D eigenvalue weighted by molar-refractivity contribution is -0.123. The Morgan fingerprint density at radius 3 is 1.36 bits per heavy atom. The molecule has 0 fully saturated rings. The third kappa shape index (κ3) is 13.3. The number of Topliss-reactive ketones (excluding diaryl/α,β-unsaturated/α-hetero) is 1. The molecule has 0 unspecified atom stereocenters. The lowest BCUT2D eigenvalue weighted by Crippen LogP contribution is -2.16. The van der Waals surface area contributed by atoms with Gasteiger partial charge in [0.1, 0.15) is 5.78 Å². The Labute approximate surface area is 140 Å². The van der Waals surface area contributed by atoms with E-state index in [0.29, 0.717) is 11.7 Å². The van der Waals surface area contributed by atoms with E-state index < -0.39 is 0 Å². The van der Waals surface area contributed by atoms with Crippen molar-refractivity contribution < 1.29 is 4.79 Å². The molecule has 1 heteroatoms. The Bertz CT molecular complexity index is 244. The van der Waals surface area contributed by atoms with E-state index in [4.69, 9.17) is 0 Å². The molecule has 0 amide bonds. The molecule has 0 radical (unpaired) electrons. The summed E-state index contributed by atoms with van der Waals surface area (Å²) in [6.07, 6.45) is 18.6. The van der Waals surface area contributed by atoms with Crippen LogP contribution >= 0.6 is 0 Å². The van der Waals surface area contributed by atoms with E-state index in [-0.39, 0.29) is 5.92 Å². The van der Waals surface area contributed by atoms with Gasteiger partial charge in [0.15, 0.2) is 0 Å². The fourth-order valence-electron chi connectivity index (χ4n) is 2.92. The minimum Gasteiger partial charge on any atom is -0.299 e. The second kappa shape index (κ2) is 15.6. The summed E-state index contributed by atoms with van der Waals surface area (Å²) in [6.45, 7) is 8.65. The van der Waals surface area contributed by atoms with E-state index in [0.717, 1.165) is 12.8 Å². The number of carbonyl (C=O) groups is 1. The second-order valence-corrected chi connectivity index (χ2v) is 7.49. The molecule has 132 valence electrons. The molecule has 0 aliphatic heterocycles. The molecule has 22 heavy (non-hydrogen) atoms. The van der Waals surface area contributed by atoms with Crippen LogP contribution < -0.4 is 0 Å². The van der Waals surface area contributed by atoms with E-state index in [1.54, 1.807) is 0 Å². The topological polar surface area (TPSA) is 17.1 Å². The van der Waals surface area contributed by atoms with Crippen LogP contribution in [0.3, 0.4) is 0 Å². The van der Waals surface area contributed by atoms with Gasteiger partial charge >= 0.3 is 0 Å². The van der Waals surface area contributed by atoms with E-state index >= 15 is 0 Å². The van der Waals surface area contributed by atoms with Crippen LogP contribution in [0.2, 0.25) is 0 Å². The van der Waals surface area contributed by atoms with Crippen molar-refractivity contribution in [2.75, 3.05) is 0 Å². The Morgan fingerprint density at radius 1 is 0.636 bits per heavy atom. The number of ketones is 1. The summed E-state index contributed by atoms with van der Waals surface area (Å²) in [4.78, 5) is 11.9. The summed E-state index contributed by atoms with van der Waals surface area (Å²) >= 11 is 0. The Hall–Kier alpha value is -0.330. The van der Waals surface area contributed by atoms with Gasteiger partial charge in [0.25, 0.3) is 0 Å². The van der Waals surface area contributed by atoms with Gasteiger partial charge in [-0.25, -0.2) is 0 Å². The van der Waals surface area contributed by atoms with Gasteiger partial charge in [0.05, 0.1) is 0 Å². The van der Waals surface area contributed by atoms with Gasteiger partial charge in [-0.05, 0) is 12.3 Å². The van der Waals surface area contributed by atoms with Gasteiger partial charge in [-0.1, -0.05) is 105 Å². The third-order valence-corrected chi connectivity index (χ3v) is 5.03. The zero-order valence-electron chi connectivity index (χ0n) is 16.0. The minimum atomic E-state index is 0.248. The van der Waals surface area contributed by atoms with Crippen LogP contribution in [-0.4, -0.2) is 5.78 Å². The molecule has 0 aliphatic rings. The van der Waals surface area contributed by atoms with Crippen LogP contribution in [0.1, 0.15) is 118 Å². The molecule has 0 rings (SSSR count). The molecular formula is C21H42O. The molecule has 0 heterocycles.